The highest BCUT2D eigenvalue weighted by molar-refractivity contribution is 7.89. The van der Waals surface area contributed by atoms with E-state index in [0.29, 0.717) is 0 Å². The fourth-order valence-electron chi connectivity index (χ4n) is 1.88. The van der Waals surface area contributed by atoms with Crippen LogP contribution >= 0.6 is 0 Å². The van der Waals surface area contributed by atoms with Gasteiger partial charge in [-0.1, -0.05) is 18.2 Å². The van der Waals surface area contributed by atoms with Gasteiger partial charge in [0.15, 0.2) is 0 Å². The zero-order valence-electron chi connectivity index (χ0n) is 12.5. The van der Waals surface area contributed by atoms with Gasteiger partial charge in [0.05, 0.1) is 17.1 Å². The Morgan fingerprint density at radius 3 is 2.39 bits per heavy atom. The summed E-state index contributed by atoms with van der Waals surface area (Å²) in [6.45, 7) is 1.76. The minimum atomic E-state index is -3.80. The van der Waals surface area contributed by atoms with Crippen molar-refractivity contribution in [3.05, 3.63) is 65.5 Å². The number of hydrogen-bond donors (Lipinski definition) is 1. The van der Waals surface area contributed by atoms with Crippen LogP contribution in [0.1, 0.15) is 22.8 Å². The summed E-state index contributed by atoms with van der Waals surface area (Å²) in [7, 11) is -3.80. The van der Waals surface area contributed by atoms with Crippen molar-refractivity contribution >= 4 is 16.0 Å². The van der Waals surface area contributed by atoms with E-state index in [-0.39, 0.29) is 29.2 Å². The zero-order chi connectivity index (χ0) is 16.9. The van der Waals surface area contributed by atoms with E-state index in [9.17, 15) is 17.6 Å². The molecule has 0 saturated carbocycles. The van der Waals surface area contributed by atoms with Crippen molar-refractivity contribution in [3.8, 4) is 0 Å². The molecule has 2 aromatic rings. The second kappa shape index (κ2) is 7.34. The third-order valence-electron chi connectivity index (χ3n) is 3.09. The van der Waals surface area contributed by atoms with Gasteiger partial charge in [-0.2, -0.15) is 0 Å². The van der Waals surface area contributed by atoms with Crippen LogP contribution < -0.4 is 4.72 Å². The first kappa shape index (κ1) is 17.1. The fourth-order valence-corrected chi connectivity index (χ4v) is 2.89. The summed E-state index contributed by atoms with van der Waals surface area (Å²) in [6.07, 6.45) is 0. The average molecular weight is 337 g/mol. The van der Waals surface area contributed by atoms with Gasteiger partial charge in [0, 0.05) is 12.1 Å². The van der Waals surface area contributed by atoms with E-state index in [1.54, 1.807) is 13.0 Å². The van der Waals surface area contributed by atoms with Crippen LogP contribution in [0.4, 0.5) is 4.39 Å². The smallest absolute Gasteiger partial charge is 0.338 e. The number of sulfonamides is 1. The number of carbonyl (C=O) groups is 1. The first-order valence-corrected chi connectivity index (χ1v) is 8.42. The molecule has 0 spiro atoms. The van der Waals surface area contributed by atoms with E-state index in [4.69, 9.17) is 4.74 Å². The monoisotopic (exact) mass is 337 g/mol. The number of benzene rings is 2. The largest absolute Gasteiger partial charge is 0.462 e. The molecule has 2 rings (SSSR count). The molecular weight excluding hydrogens is 321 g/mol. The lowest BCUT2D eigenvalue weighted by Gasteiger charge is -2.08. The summed E-state index contributed by atoms with van der Waals surface area (Å²) < 4.78 is 45.0. The molecule has 122 valence electrons. The minimum Gasteiger partial charge on any atom is -0.462 e. The lowest BCUT2D eigenvalue weighted by atomic mass is 10.2. The van der Waals surface area contributed by atoms with Crippen LogP contribution in [0.5, 0.6) is 0 Å². The Morgan fingerprint density at radius 1 is 1.13 bits per heavy atom. The van der Waals surface area contributed by atoms with Gasteiger partial charge in [-0.15, -0.1) is 0 Å². The predicted molar refractivity (Wildman–Crippen MR) is 82.8 cm³/mol. The molecule has 0 unspecified atom stereocenters. The number of ether oxygens (including phenoxy) is 1. The van der Waals surface area contributed by atoms with Gasteiger partial charge >= 0.3 is 5.97 Å². The molecule has 0 fully saturated rings. The molecule has 0 heterocycles. The Balaban J connectivity index is 2.10. The van der Waals surface area contributed by atoms with Gasteiger partial charge in [0.2, 0.25) is 10.0 Å². The number of nitrogens with one attached hydrogen (secondary N) is 1. The third-order valence-corrected chi connectivity index (χ3v) is 4.50. The second-order valence-electron chi connectivity index (χ2n) is 4.66. The molecule has 0 aliphatic rings. The highest BCUT2D eigenvalue weighted by Crippen LogP contribution is 2.13. The summed E-state index contributed by atoms with van der Waals surface area (Å²) in [5.41, 5.74) is 0.513. The lowest BCUT2D eigenvalue weighted by molar-refractivity contribution is 0.0526. The number of halogens is 1. The van der Waals surface area contributed by atoms with Crippen molar-refractivity contribution in [3.63, 3.8) is 0 Å². The number of rotatable bonds is 6. The predicted octanol–water partition coefficient (Wildman–Crippen LogP) is 2.48. The van der Waals surface area contributed by atoms with Crippen molar-refractivity contribution < 1.29 is 22.3 Å². The molecule has 7 heteroatoms. The summed E-state index contributed by atoms with van der Waals surface area (Å²) in [6, 6.07) is 11.3. The Bertz CT molecular complexity index is 788. The molecule has 0 bridgehead atoms. The average Bonchev–Trinajstić information content (AvgIpc) is 2.54. The molecule has 0 aliphatic carbocycles. The molecule has 1 N–H and O–H groups in total. The van der Waals surface area contributed by atoms with Crippen molar-refractivity contribution in [1.29, 1.82) is 0 Å². The Hall–Kier alpha value is -2.25. The molecule has 5 nitrogen and oxygen atoms in total. The lowest BCUT2D eigenvalue weighted by Crippen LogP contribution is -2.23. The van der Waals surface area contributed by atoms with E-state index in [1.807, 2.05) is 0 Å². The molecule has 2 aromatic carbocycles. The van der Waals surface area contributed by atoms with Crippen molar-refractivity contribution in [2.45, 2.75) is 18.4 Å². The van der Waals surface area contributed by atoms with Crippen LogP contribution in [0.25, 0.3) is 0 Å². The van der Waals surface area contributed by atoms with Gasteiger partial charge in [-0.05, 0) is 37.3 Å². The first-order valence-electron chi connectivity index (χ1n) is 6.94. The highest BCUT2D eigenvalue weighted by Gasteiger charge is 2.16. The van der Waals surface area contributed by atoms with E-state index < -0.39 is 21.8 Å². The van der Waals surface area contributed by atoms with E-state index in [2.05, 4.69) is 4.72 Å². The van der Waals surface area contributed by atoms with E-state index >= 15 is 0 Å². The van der Waals surface area contributed by atoms with Crippen LogP contribution in [-0.4, -0.2) is 21.0 Å². The van der Waals surface area contributed by atoms with Crippen LogP contribution in [-0.2, 0) is 21.3 Å². The SMILES string of the molecule is CCOC(=O)c1ccc(S(=O)(=O)NCc2ccccc2F)cc1. The summed E-state index contributed by atoms with van der Waals surface area (Å²) in [5.74, 6) is -0.997. The maximum atomic E-state index is 13.5. The molecule has 23 heavy (non-hydrogen) atoms. The summed E-state index contributed by atoms with van der Waals surface area (Å²) in [5, 5.41) is 0. The standard InChI is InChI=1S/C16H16FNO4S/c1-2-22-16(19)12-7-9-14(10-8-12)23(20,21)18-11-13-5-3-4-6-15(13)17/h3-10,18H,2,11H2,1H3. The van der Waals surface area contributed by atoms with Crippen LogP contribution in [0, 0.1) is 5.82 Å². The Morgan fingerprint density at radius 2 is 1.78 bits per heavy atom. The van der Waals surface area contributed by atoms with Crippen LogP contribution in [0.2, 0.25) is 0 Å². The van der Waals surface area contributed by atoms with Crippen LogP contribution in [0.3, 0.4) is 0 Å². The molecule has 0 radical (unpaired) electrons. The topological polar surface area (TPSA) is 72.5 Å². The molecule has 0 atom stereocenters. The Kier molecular flexibility index (Phi) is 5.46. The maximum Gasteiger partial charge on any atom is 0.338 e. The normalized spacial score (nSPS) is 11.2. The van der Waals surface area contributed by atoms with Gasteiger partial charge in [-0.25, -0.2) is 22.3 Å². The summed E-state index contributed by atoms with van der Waals surface area (Å²) >= 11 is 0. The third kappa shape index (κ3) is 4.37. The zero-order valence-corrected chi connectivity index (χ0v) is 13.3. The van der Waals surface area contributed by atoms with E-state index in [0.717, 1.165) is 0 Å². The van der Waals surface area contributed by atoms with Crippen LogP contribution in [0.15, 0.2) is 53.4 Å². The summed E-state index contributed by atoms with van der Waals surface area (Å²) in [4.78, 5) is 11.5. The number of esters is 1. The number of carbonyl (C=O) groups excluding carboxylic acids is 1. The molecule has 0 aromatic heterocycles. The van der Waals surface area contributed by atoms with Gasteiger partial charge in [0.1, 0.15) is 5.82 Å². The van der Waals surface area contributed by atoms with Gasteiger partial charge in [-0.3, -0.25) is 0 Å². The Labute approximate surface area is 134 Å². The number of hydrogen-bond acceptors (Lipinski definition) is 4. The molecule has 0 amide bonds. The first-order chi connectivity index (χ1) is 10.9. The van der Waals surface area contributed by atoms with Crippen molar-refractivity contribution in [1.82, 2.24) is 4.72 Å². The van der Waals surface area contributed by atoms with E-state index in [1.165, 1.54) is 42.5 Å². The van der Waals surface area contributed by atoms with Crippen molar-refractivity contribution in [2.24, 2.45) is 0 Å². The van der Waals surface area contributed by atoms with Gasteiger partial charge in [0.25, 0.3) is 0 Å². The quantitative estimate of drug-likeness (QED) is 0.822. The minimum absolute atomic E-state index is 0.0121. The van der Waals surface area contributed by atoms with Gasteiger partial charge < -0.3 is 4.74 Å². The fraction of sp³-hybridized carbons (Fsp3) is 0.188. The van der Waals surface area contributed by atoms with Crippen molar-refractivity contribution in [2.75, 3.05) is 6.61 Å². The molecule has 0 aliphatic heterocycles. The maximum absolute atomic E-state index is 13.5. The second-order valence-corrected chi connectivity index (χ2v) is 6.43. The molecular formula is C16H16FNO4S. The molecule has 0 saturated heterocycles. The highest BCUT2D eigenvalue weighted by atomic mass is 32.2.